The van der Waals surface area contributed by atoms with Gasteiger partial charge in [-0.1, -0.05) is 18.9 Å². The maximum atomic E-state index is 12.7. The van der Waals surface area contributed by atoms with E-state index in [9.17, 15) is 4.79 Å². The monoisotopic (exact) mass is 409 g/mol. The zero-order valence-electron chi connectivity index (χ0n) is 15.9. The maximum absolute atomic E-state index is 12.7. The molecule has 0 bridgehead atoms. The van der Waals surface area contributed by atoms with E-state index in [1.54, 1.807) is 22.5 Å². The van der Waals surface area contributed by atoms with Gasteiger partial charge in [0, 0.05) is 59.0 Å². The van der Waals surface area contributed by atoms with Crippen molar-refractivity contribution < 1.29 is 4.79 Å². The highest BCUT2D eigenvalue weighted by molar-refractivity contribution is 8.04. The average Bonchev–Trinajstić information content (AvgIpc) is 3.49. The predicted molar refractivity (Wildman–Crippen MR) is 112 cm³/mol. The largest absolute Gasteiger partial charge is 0.347 e. The fraction of sp³-hybridized carbons (Fsp3) is 0.400. The van der Waals surface area contributed by atoms with Crippen LogP contribution in [0.4, 0.5) is 0 Å². The molecule has 1 unspecified atom stereocenters. The van der Waals surface area contributed by atoms with Crippen molar-refractivity contribution in [3.8, 4) is 11.1 Å². The highest BCUT2D eigenvalue weighted by Crippen LogP contribution is 2.37. The van der Waals surface area contributed by atoms with Crippen molar-refractivity contribution in [3.05, 3.63) is 47.5 Å². The van der Waals surface area contributed by atoms with Gasteiger partial charge in [-0.05, 0) is 12.8 Å². The van der Waals surface area contributed by atoms with Crippen molar-refractivity contribution in [2.24, 2.45) is 5.73 Å². The summed E-state index contributed by atoms with van der Waals surface area (Å²) in [7, 11) is 0. The summed E-state index contributed by atoms with van der Waals surface area (Å²) in [6, 6.07) is 0.139. The number of nitrogens with two attached hydrogens (primary N) is 1. The quantitative estimate of drug-likeness (QED) is 0.609. The first-order valence-corrected chi connectivity index (χ1v) is 10.9. The van der Waals surface area contributed by atoms with Gasteiger partial charge in [-0.25, -0.2) is 9.50 Å². The number of allylic oxidation sites excluding steroid dienone is 1. The number of rotatable bonds is 4. The lowest BCUT2D eigenvalue weighted by Gasteiger charge is -2.29. The molecule has 1 amide bonds. The number of hydrogen-bond donors (Lipinski definition) is 3. The molecule has 0 aromatic carbocycles. The molecule has 2 aliphatic rings. The van der Waals surface area contributed by atoms with Gasteiger partial charge in [-0.15, -0.1) is 11.8 Å². The van der Waals surface area contributed by atoms with Gasteiger partial charge in [-0.3, -0.25) is 9.89 Å². The number of amides is 1. The summed E-state index contributed by atoms with van der Waals surface area (Å²) in [6.07, 6.45) is 15.5. The minimum absolute atomic E-state index is 0.00785. The van der Waals surface area contributed by atoms with Gasteiger partial charge in [0.05, 0.1) is 17.3 Å². The van der Waals surface area contributed by atoms with E-state index in [0.717, 1.165) is 58.7 Å². The molecule has 1 aliphatic carbocycles. The molecule has 150 valence electrons. The van der Waals surface area contributed by atoms with Gasteiger partial charge < -0.3 is 11.1 Å². The fourth-order valence-corrected chi connectivity index (χ4v) is 5.16. The number of aromatic amines is 1. The number of hydrogen-bond acceptors (Lipinski definition) is 6. The summed E-state index contributed by atoms with van der Waals surface area (Å²) in [4.78, 5) is 18.1. The number of carbonyl (C=O) groups excluding carboxylic acids is 1. The summed E-state index contributed by atoms with van der Waals surface area (Å²) >= 11 is 1.59. The molecular formula is C20H23N7OS. The van der Waals surface area contributed by atoms with E-state index >= 15 is 0 Å². The van der Waals surface area contributed by atoms with Crippen LogP contribution in [0.3, 0.4) is 0 Å². The van der Waals surface area contributed by atoms with Crippen molar-refractivity contribution in [3.63, 3.8) is 0 Å². The Morgan fingerprint density at radius 3 is 2.97 bits per heavy atom. The highest BCUT2D eigenvalue weighted by Gasteiger charge is 2.29. The molecule has 3 aromatic heterocycles. The molecule has 0 spiro atoms. The topological polar surface area (TPSA) is 114 Å². The standard InChI is InChI=1S/C20H23N7OS/c21-16-3-1-2-4-17(16)26-20(28)18-5-12(11-29-18)15-9-25-27-10-14(6-22-19(15)27)13-7-23-24-8-13/h5-10,12,16-17H,1-4,11,21H2,(H,23,24)(H,26,28)/t12?,16-,17-/m0/s1. The molecule has 5 rings (SSSR count). The molecule has 1 saturated carbocycles. The second-order valence-electron chi connectivity index (χ2n) is 7.67. The Morgan fingerprint density at radius 1 is 1.24 bits per heavy atom. The molecule has 4 heterocycles. The average molecular weight is 410 g/mol. The molecule has 0 radical (unpaired) electrons. The Morgan fingerprint density at radius 2 is 2.14 bits per heavy atom. The van der Waals surface area contributed by atoms with Crippen LogP contribution in [0.1, 0.15) is 37.2 Å². The first-order valence-electron chi connectivity index (χ1n) is 9.92. The molecule has 29 heavy (non-hydrogen) atoms. The van der Waals surface area contributed by atoms with Crippen molar-refractivity contribution in [2.45, 2.75) is 43.7 Å². The Bertz CT molecular complexity index is 1060. The molecule has 4 N–H and O–H groups in total. The molecule has 0 saturated heterocycles. The number of H-pyrrole nitrogens is 1. The Labute approximate surface area is 172 Å². The molecular weight excluding hydrogens is 386 g/mol. The lowest BCUT2D eigenvalue weighted by Crippen LogP contribution is -2.49. The summed E-state index contributed by atoms with van der Waals surface area (Å²) in [5, 5.41) is 14.4. The van der Waals surface area contributed by atoms with Crippen LogP contribution in [-0.4, -0.2) is 48.5 Å². The summed E-state index contributed by atoms with van der Waals surface area (Å²) in [5.41, 5.74) is 9.94. The van der Waals surface area contributed by atoms with E-state index < -0.39 is 0 Å². The number of aromatic nitrogens is 5. The van der Waals surface area contributed by atoms with Gasteiger partial charge in [0.25, 0.3) is 5.91 Å². The van der Waals surface area contributed by atoms with Gasteiger partial charge in [0.1, 0.15) is 0 Å². The van der Waals surface area contributed by atoms with Gasteiger partial charge in [-0.2, -0.15) is 10.2 Å². The van der Waals surface area contributed by atoms with E-state index in [4.69, 9.17) is 5.73 Å². The first-order chi connectivity index (χ1) is 14.2. The second kappa shape index (κ2) is 7.64. The predicted octanol–water partition coefficient (Wildman–Crippen LogP) is 2.22. The number of thioether (sulfide) groups is 1. The molecule has 3 atom stereocenters. The van der Waals surface area contributed by atoms with Crippen LogP contribution in [0, 0.1) is 0 Å². The van der Waals surface area contributed by atoms with E-state index in [-0.39, 0.29) is 23.9 Å². The summed E-state index contributed by atoms with van der Waals surface area (Å²) in [6.45, 7) is 0. The summed E-state index contributed by atoms with van der Waals surface area (Å²) < 4.78 is 1.79. The van der Waals surface area contributed by atoms with Crippen LogP contribution in [0.15, 0.2) is 42.0 Å². The second-order valence-corrected chi connectivity index (χ2v) is 8.74. The highest BCUT2D eigenvalue weighted by atomic mass is 32.2. The SMILES string of the molecule is N[C@H]1CCCC[C@@H]1NC(=O)C1=CC(c2cnn3cc(-c4cn[nH]c4)cnc23)CS1. The zero-order valence-corrected chi connectivity index (χ0v) is 16.7. The van der Waals surface area contributed by atoms with Crippen LogP contribution >= 0.6 is 11.8 Å². The molecule has 1 fully saturated rings. The Hall–Kier alpha value is -2.65. The number of carbonyl (C=O) groups is 1. The van der Waals surface area contributed by atoms with E-state index in [1.165, 1.54) is 0 Å². The van der Waals surface area contributed by atoms with Gasteiger partial charge in [0.15, 0.2) is 5.65 Å². The molecule has 3 aromatic rings. The summed E-state index contributed by atoms with van der Waals surface area (Å²) in [5.74, 6) is 0.920. The first kappa shape index (κ1) is 18.4. The van der Waals surface area contributed by atoms with Crippen LogP contribution in [0.25, 0.3) is 16.8 Å². The maximum Gasteiger partial charge on any atom is 0.257 e. The third-order valence-electron chi connectivity index (χ3n) is 5.75. The van der Waals surface area contributed by atoms with Crippen LogP contribution in [0.5, 0.6) is 0 Å². The van der Waals surface area contributed by atoms with E-state index in [1.807, 2.05) is 30.9 Å². The molecule has 9 heteroatoms. The van der Waals surface area contributed by atoms with Gasteiger partial charge in [0.2, 0.25) is 0 Å². The number of nitrogens with one attached hydrogen (secondary N) is 2. The minimum atomic E-state index is -0.00785. The lowest BCUT2D eigenvalue weighted by molar-refractivity contribution is -0.117. The Balaban J connectivity index is 1.34. The minimum Gasteiger partial charge on any atom is -0.347 e. The fourth-order valence-electron chi connectivity index (χ4n) is 4.07. The van der Waals surface area contributed by atoms with Crippen LogP contribution < -0.4 is 11.1 Å². The molecule has 1 aliphatic heterocycles. The zero-order chi connectivity index (χ0) is 19.8. The van der Waals surface area contributed by atoms with Crippen LogP contribution in [0.2, 0.25) is 0 Å². The Kier molecular flexibility index (Phi) is 4.84. The van der Waals surface area contributed by atoms with E-state index in [2.05, 4.69) is 25.6 Å². The van der Waals surface area contributed by atoms with Gasteiger partial charge >= 0.3 is 0 Å². The van der Waals surface area contributed by atoms with Crippen LogP contribution in [-0.2, 0) is 4.79 Å². The van der Waals surface area contributed by atoms with Crippen molar-refractivity contribution in [2.75, 3.05) is 5.75 Å². The smallest absolute Gasteiger partial charge is 0.257 e. The van der Waals surface area contributed by atoms with Crippen molar-refractivity contribution in [1.82, 2.24) is 30.1 Å². The third kappa shape index (κ3) is 3.56. The molecule has 8 nitrogen and oxygen atoms in total. The van der Waals surface area contributed by atoms with Crippen molar-refractivity contribution in [1.29, 1.82) is 0 Å². The van der Waals surface area contributed by atoms with Crippen molar-refractivity contribution >= 4 is 23.3 Å². The third-order valence-corrected chi connectivity index (χ3v) is 6.90. The number of nitrogens with zero attached hydrogens (tertiary/aromatic N) is 4. The normalized spacial score (nSPS) is 24.6. The van der Waals surface area contributed by atoms with E-state index in [0.29, 0.717) is 0 Å². The number of fused-ring (bicyclic) bond motifs is 1. The lowest BCUT2D eigenvalue weighted by atomic mass is 9.91.